The van der Waals surface area contributed by atoms with Crippen LogP contribution in [0.3, 0.4) is 0 Å². The van der Waals surface area contributed by atoms with Crippen molar-refractivity contribution in [3.05, 3.63) is 41.7 Å². The van der Waals surface area contributed by atoms with Crippen LogP contribution < -0.4 is 10.6 Å². The van der Waals surface area contributed by atoms with Crippen molar-refractivity contribution in [2.24, 2.45) is 0 Å². The summed E-state index contributed by atoms with van der Waals surface area (Å²) in [7, 11) is 1.48. The molecule has 6 heteroatoms. The molecule has 6 nitrogen and oxygen atoms in total. The van der Waals surface area contributed by atoms with E-state index in [2.05, 4.69) is 20.6 Å². The Morgan fingerprint density at radius 1 is 1.14 bits per heavy atom. The van der Waals surface area contributed by atoms with Gasteiger partial charge in [-0.1, -0.05) is 6.07 Å². The van der Waals surface area contributed by atoms with E-state index in [1.54, 1.807) is 6.07 Å². The van der Waals surface area contributed by atoms with Gasteiger partial charge in [0.1, 0.15) is 6.61 Å². The lowest BCUT2D eigenvalue weighted by Gasteiger charge is -2.09. The molecular weight excluding hydrogens is 268 g/mol. The minimum atomic E-state index is -0.197. The monoisotopic (exact) mass is 286 g/mol. The molecule has 2 rings (SSSR count). The molecule has 2 aromatic rings. The summed E-state index contributed by atoms with van der Waals surface area (Å²) in [4.78, 5) is 20.1. The number of hydrogen-bond acceptors (Lipinski definition) is 5. The van der Waals surface area contributed by atoms with Gasteiger partial charge in [0.2, 0.25) is 11.9 Å². The van der Waals surface area contributed by atoms with Crippen molar-refractivity contribution in [1.29, 1.82) is 0 Å². The number of carbonyl (C=O) groups excluding carboxylic acids is 1. The van der Waals surface area contributed by atoms with Gasteiger partial charge in [0.05, 0.1) is 0 Å². The van der Waals surface area contributed by atoms with Crippen LogP contribution in [-0.2, 0) is 9.53 Å². The zero-order valence-corrected chi connectivity index (χ0v) is 12.3. The van der Waals surface area contributed by atoms with Gasteiger partial charge in [0.25, 0.3) is 0 Å². The lowest BCUT2D eigenvalue weighted by molar-refractivity contribution is -0.119. The van der Waals surface area contributed by atoms with Crippen molar-refractivity contribution in [2.45, 2.75) is 13.8 Å². The van der Waals surface area contributed by atoms with Crippen LogP contribution in [0.2, 0.25) is 0 Å². The highest BCUT2D eigenvalue weighted by molar-refractivity contribution is 5.92. The summed E-state index contributed by atoms with van der Waals surface area (Å²) in [5, 5.41) is 5.87. The molecule has 1 amide bonds. The van der Waals surface area contributed by atoms with Crippen LogP contribution in [0, 0.1) is 13.8 Å². The van der Waals surface area contributed by atoms with Crippen molar-refractivity contribution in [3.8, 4) is 0 Å². The van der Waals surface area contributed by atoms with Crippen LogP contribution in [0.1, 0.15) is 11.4 Å². The van der Waals surface area contributed by atoms with Gasteiger partial charge in [-0.05, 0) is 38.1 Å². The van der Waals surface area contributed by atoms with Crippen LogP contribution in [0.4, 0.5) is 17.3 Å². The van der Waals surface area contributed by atoms with Crippen LogP contribution in [0.25, 0.3) is 0 Å². The molecule has 0 unspecified atom stereocenters. The molecule has 0 saturated heterocycles. The Hall–Kier alpha value is -2.47. The number of benzene rings is 1. The van der Waals surface area contributed by atoms with Crippen LogP contribution >= 0.6 is 0 Å². The summed E-state index contributed by atoms with van der Waals surface area (Å²) in [6, 6.07) is 9.25. The zero-order valence-electron chi connectivity index (χ0n) is 12.3. The first-order valence-electron chi connectivity index (χ1n) is 6.55. The molecule has 0 atom stereocenters. The van der Waals surface area contributed by atoms with E-state index in [4.69, 9.17) is 4.74 Å². The van der Waals surface area contributed by atoms with Gasteiger partial charge in [-0.25, -0.2) is 9.97 Å². The third-order valence-corrected chi connectivity index (χ3v) is 2.66. The summed E-state index contributed by atoms with van der Waals surface area (Å²) in [5.41, 5.74) is 3.28. The Kier molecular flexibility index (Phi) is 4.84. The maximum Gasteiger partial charge on any atom is 0.250 e. The second kappa shape index (κ2) is 6.81. The number of aryl methyl sites for hydroxylation is 2. The lowest BCUT2D eigenvalue weighted by Crippen LogP contribution is -2.17. The Balaban J connectivity index is 2.12. The van der Waals surface area contributed by atoms with Gasteiger partial charge < -0.3 is 15.4 Å². The van der Waals surface area contributed by atoms with Gasteiger partial charge in [-0.3, -0.25) is 4.79 Å². The average molecular weight is 286 g/mol. The molecule has 0 fully saturated rings. The van der Waals surface area contributed by atoms with Crippen LogP contribution in [0.15, 0.2) is 30.3 Å². The van der Waals surface area contributed by atoms with E-state index in [9.17, 15) is 4.79 Å². The van der Waals surface area contributed by atoms with Gasteiger partial charge in [0, 0.05) is 29.9 Å². The molecular formula is C15H18N4O2. The van der Waals surface area contributed by atoms with E-state index in [1.807, 2.05) is 38.1 Å². The standard InChI is InChI=1S/C15H18N4O2/c1-10-7-11(2)17-15(16-10)19-13-6-4-5-12(8-13)18-14(20)9-21-3/h4-8H,9H2,1-3H3,(H,18,20)(H,16,17,19). The molecule has 1 heterocycles. The third-order valence-electron chi connectivity index (χ3n) is 2.66. The molecule has 0 saturated carbocycles. The molecule has 0 aliphatic carbocycles. The Bertz CT molecular complexity index is 623. The molecule has 0 aliphatic heterocycles. The number of carbonyl (C=O) groups is 1. The maximum absolute atomic E-state index is 11.5. The van der Waals surface area contributed by atoms with Crippen LogP contribution in [-0.4, -0.2) is 29.6 Å². The highest BCUT2D eigenvalue weighted by Gasteiger charge is 2.04. The largest absolute Gasteiger partial charge is 0.375 e. The average Bonchev–Trinajstić information content (AvgIpc) is 2.37. The van der Waals surface area contributed by atoms with E-state index in [1.165, 1.54) is 7.11 Å². The van der Waals surface area contributed by atoms with Gasteiger partial charge >= 0.3 is 0 Å². The van der Waals surface area contributed by atoms with Crippen molar-refractivity contribution in [3.63, 3.8) is 0 Å². The predicted molar refractivity (Wildman–Crippen MR) is 81.7 cm³/mol. The van der Waals surface area contributed by atoms with E-state index in [0.29, 0.717) is 11.6 Å². The van der Waals surface area contributed by atoms with Gasteiger partial charge in [0.15, 0.2) is 0 Å². The summed E-state index contributed by atoms with van der Waals surface area (Å²) < 4.78 is 4.78. The normalized spacial score (nSPS) is 10.2. The van der Waals surface area contributed by atoms with E-state index in [-0.39, 0.29) is 12.5 Å². The minimum Gasteiger partial charge on any atom is -0.375 e. The number of nitrogens with one attached hydrogen (secondary N) is 2. The third kappa shape index (κ3) is 4.54. The van der Waals surface area contributed by atoms with Crippen molar-refractivity contribution < 1.29 is 9.53 Å². The SMILES string of the molecule is COCC(=O)Nc1cccc(Nc2nc(C)cc(C)n2)c1. The van der Waals surface area contributed by atoms with Crippen molar-refractivity contribution in [1.82, 2.24) is 9.97 Å². The van der Waals surface area contributed by atoms with E-state index >= 15 is 0 Å². The van der Waals surface area contributed by atoms with E-state index < -0.39 is 0 Å². The smallest absolute Gasteiger partial charge is 0.250 e. The Morgan fingerprint density at radius 3 is 2.48 bits per heavy atom. The maximum atomic E-state index is 11.5. The highest BCUT2D eigenvalue weighted by Crippen LogP contribution is 2.18. The molecule has 21 heavy (non-hydrogen) atoms. The predicted octanol–water partition coefficient (Wildman–Crippen LogP) is 2.42. The first-order chi connectivity index (χ1) is 10.1. The number of nitrogens with zero attached hydrogens (tertiary/aromatic N) is 2. The molecule has 0 aliphatic rings. The summed E-state index contributed by atoms with van der Waals surface area (Å²) in [6.07, 6.45) is 0. The summed E-state index contributed by atoms with van der Waals surface area (Å²) in [5.74, 6) is 0.338. The molecule has 0 radical (unpaired) electrons. The fourth-order valence-electron chi connectivity index (χ4n) is 1.91. The second-order valence-corrected chi connectivity index (χ2v) is 4.66. The molecule has 1 aromatic carbocycles. The number of rotatable bonds is 5. The quantitative estimate of drug-likeness (QED) is 0.882. The molecule has 0 bridgehead atoms. The summed E-state index contributed by atoms with van der Waals surface area (Å²) >= 11 is 0. The van der Waals surface area contributed by atoms with E-state index in [0.717, 1.165) is 17.1 Å². The first kappa shape index (κ1) is 14.9. The molecule has 1 aromatic heterocycles. The van der Waals surface area contributed by atoms with Gasteiger partial charge in [-0.15, -0.1) is 0 Å². The Morgan fingerprint density at radius 2 is 1.81 bits per heavy atom. The number of aromatic nitrogens is 2. The van der Waals surface area contributed by atoms with Crippen molar-refractivity contribution in [2.75, 3.05) is 24.4 Å². The molecule has 2 N–H and O–H groups in total. The first-order valence-corrected chi connectivity index (χ1v) is 6.55. The van der Waals surface area contributed by atoms with Crippen molar-refractivity contribution >= 4 is 23.2 Å². The Labute approximate surface area is 123 Å². The topological polar surface area (TPSA) is 76.1 Å². The fourth-order valence-corrected chi connectivity index (χ4v) is 1.91. The highest BCUT2D eigenvalue weighted by atomic mass is 16.5. The molecule has 0 spiro atoms. The number of amides is 1. The number of hydrogen-bond donors (Lipinski definition) is 2. The fraction of sp³-hybridized carbons (Fsp3) is 0.267. The number of methoxy groups -OCH3 is 1. The number of anilines is 3. The molecule has 110 valence electrons. The zero-order chi connectivity index (χ0) is 15.2. The van der Waals surface area contributed by atoms with Crippen LogP contribution in [0.5, 0.6) is 0 Å². The lowest BCUT2D eigenvalue weighted by atomic mass is 10.2. The van der Waals surface area contributed by atoms with Gasteiger partial charge in [-0.2, -0.15) is 0 Å². The number of ether oxygens (including phenoxy) is 1. The minimum absolute atomic E-state index is 0.0256. The second-order valence-electron chi connectivity index (χ2n) is 4.66. The summed E-state index contributed by atoms with van der Waals surface area (Å²) in [6.45, 7) is 3.86.